The number of rotatable bonds is 1. The SMILES string of the molecule is Nc1nc2cc(Br)c(F)cc2n1-c1cc(F)ccc1F. The summed E-state index contributed by atoms with van der Waals surface area (Å²) in [6.07, 6.45) is 0. The molecule has 0 atom stereocenters. The van der Waals surface area contributed by atoms with Gasteiger partial charge in [0.2, 0.25) is 5.95 Å². The van der Waals surface area contributed by atoms with Gasteiger partial charge in [-0.1, -0.05) is 0 Å². The van der Waals surface area contributed by atoms with E-state index in [1.54, 1.807) is 0 Å². The summed E-state index contributed by atoms with van der Waals surface area (Å²) in [7, 11) is 0. The first-order valence-corrected chi connectivity index (χ1v) is 6.35. The Kier molecular flexibility index (Phi) is 2.93. The number of halogens is 4. The molecule has 0 fully saturated rings. The summed E-state index contributed by atoms with van der Waals surface area (Å²) in [6, 6.07) is 5.53. The normalized spacial score (nSPS) is 11.2. The molecule has 102 valence electrons. The fourth-order valence-corrected chi connectivity index (χ4v) is 2.33. The Morgan fingerprint density at radius 3 is 2.55 bits per heavy atom. The minimum atomic E-state index is -0.680. The second-order valence-corrected chi connectivity index (χ2v) is 5.01. The zero-order chi connectivity index (χ0) is 14.4. The number of nitrogens with two attached hydrogens (primary N) is 1. The molecule has 3 rings (SSSR count). The molecular weight excluding hydrogens is 335 g/mol. The maximum absolute atomic E-state index is 13.8. The Morgan fingerprint density at radius 1 is 1.05 bits per heavy atom. The van der Waals surface area contributed by atoms with Crippen molar-refractivity contribution >= 4 is 32.9 Å². The van der Waals surface area contributed by atoms with Crippen LogP contribution in [0.15, 0.2) is 34.8 Å². The van der Waals surface area contributed by atoms with Gasteiger partial charge in [-0.25, -0.2) is 18.2 Å². The lowest BCUT2D eigenvalue weighted by Gasteiger charge is -2.08. The van der Waals surface area contributed by atoms with E-state index in [2.05, 4.69) is 20.9 Å². The quantitative estimate of drug-likeness (QED) is 0.731. The van der Waals surface area contributed by atoms with Crippen molar-refractivity contribution < 1.29 is 13.2 Å². The highest BCUT2D eigenvalue weighted by Crippen LogP contribution is 2.29. The molecule has 0 aliphatic carbocycles. The fourth-order valence-electron chi connectivity index (χ4n) is 2.00. The van der Waals surface area contributed by atoms with Crippen LogP contribution in [-0.2, 0) is 0 Å². The van der Waals surface area contributed by atoms with Crippen LogP contribution in [0, 0.1) is 17.5 Å². The lowest BCUT2D eigenvalue weighted by molar-refractivity contribution is 0.593. The van der Waals surface area contributed by atoms with Gasteiger partial charge >= 0.3 is 0 Å². The smallest absolute Gasteiger partial charge is 0.206 e. The van der Waals surface area contributed by atoms with Crippen LogP contribution in [0.25, 0.3) is 16.7 Å². The van der Waals surface area contributed by atoms with E-state index in [-0.39, 0.29) is 21.6 Å². The number of aromatic nitrogens is 2. The summed E-state index contributed by atoms with van der Waals surface area (Å²) in [5.74, 6) is -1.90. The van der Waals surface area contributed by atoms with Gasteiger partial charge in [0.05, 0.1) is 21.2 Å². The van der Waals surface area contributed by atoms with Gasteiger partial charge < -0.3 is 5.73 Å². The van der Waals surface area contributed by atoms with Gasteiger partial charge in [0.1, 0.15) is 17.5 Å². The molecule has 1 aromatic heterocycles. The Bertz CT molecular complexity index is 829. The Hall–Kier alpha value is -2.02. The van der Waals surface area contributed by atoms with Crippen molar-refractivity contribution in [1.29, 1.82) is 0 Å². The van der Waals surface area contributed by atoms with Crippen LogP contribution < -0.4 is 5.73 Å². The Labute approximate surface area is 120 Å². The van der Waals surface area contributed by atoms with Crippen molar-refractivity contribution in [2.45, 2.75) is 0 Å². The van der Waals surface area contributed by atoms with E-state index >= 15 is 0 Å². The van der Waals surface area contributed by atoms with Crippen LogP contribution in [-0.4, -0.2) is 9.55 Å². The number of imidazole rings is 1. The average Bonchev–Trinajstić information content (AvgIpc) is 2.69. The van der Waals surface area contributed by atoms with Crippen LogP contribution in [0.5, 0.6) is 0 Å². The number of anilines is 1. The third kappa shape index (κ3) is 1.94. The summed E-state index contributed by atoms with van der Waals surface area (Å²) in [4.78, 5) is 4.02. The van der Waals surface area contributed by atoms with Crippen LogP contribution in [0.1, 0.15) is 0 Å². The molecule has 0 amide bonds. The molecule has 2 N–H and O–H groups in total. The van der Waals surface area contributed by atoms with Crippen molar-refractivity contribution in [2.75, 3.05) is 5.73 Å². The highest BCUT2D eigenvalue weighted by Gasteiger charge is 2.16. The molecular formula is C13H7BrF3N3. The number of nitrogen functional groups attached to an aromatic ring is 1. The third-order valence-electron chi connectivity index (χ3n) is 2.87. The zero-order valence-corrected chi connectivity index (χ0v) is 11.5. The lowest BCUT2D eigenvalue weighted by atomic mass is 10.2. The largest absolute Gasteiger partial charge is 0.369 e. The summed E-state index contributed by atoms with van der Waals surface area (Å²) >= 11 is 3.03. The standard InChI is InChI=1S/C13H7BrF3N3/c14-7-4-10-12(5-9(7)17)20(13(18)19-10)11-3-6(15)1-2-8(11)16/h1-5H,(H2,18,19). The average molecular weight is 342 g/mol. The second kappa shape index (κ2) is 4.52. The van der Waals surface area contributed by atoms with Gasteiger partial charge in [0.15, 0.2) is 0 Å². The molecule has 0 aliphatic heterocycles. The van der Waals surface area contributed by atoms with Gasteiger partial charge in [-0.05, 0) is 34.1 Å². The second-order valence-electron chi connectivity index (χ2n) is 4.16. The highest BCUT2D eigenvalue weighted by atomic mass is 79.9. The summed E-state index contributed by atoms with van der Waals surface area (Å²) in [5.41, 5.74) is 6.24. The summed E-state index contributed by atoms with van der Waals surface area (Å²) < 4.78 is 42.2. The number of nitrogens with zero attached hydrogens (tertiary/aromatic N) is 2. The summed E-state index contributed by atoms with van der Waals surface area (Å²) in [6.45, 7) is 0. The topological polar surface area (TPSA) is 43.8 Å². The van der Waals surface area contributed by atoms with E-state index in [9.17, 15) is 13.2 Å². The minimum absolute atomic E-state index is 0.0537. The van der Waals surface area contributed by atoms with E-state index in [0.29, 0.717) is 5.52 Å². The van der Waals surface area contributed by atoms with E-state index in [4.69, 9.17) is 5.73 Å². The maximum atomic E-state index is 13.8. The number of benzene rings is 2. The molecule has 2 aromatic carbocycles. The molecule has 7 heteroatoms. The van der Waals surface area contributed by atoms with Gasteiger partial charge in [-0.15, -0.1) is 0 Å². The minimum Gasteiger partial charge on any atom is -0.369 e. The van der Waals surface area contributed by atoms with Crippen LogP contribution in [0.2, 0.25) is 0 Å². The molecule has 0 unspecified atom stereocenters. The molecule has 3 nitrogen and oxygen atoms in total. The van der Waals surface area contributed by atoms with Crippen LogP contribution in [0.3, 0.4) is 0 Å². The molecule has 3 aromatic rings. The number of fused-ring (bicyclic) bond motifs is 1. The molecule has 0 bridgehead atoms. The lowest BCUT2D eigenvalue weighted by Crippen LogP contribution is -2.03. The van der Waals surface area contributed by atoms with Crippen molar-refractivity contribution in [3.8, 4) is 5.69 Å². The summed E-state index contributed by atoms with van der Waals surface area (Å²) in [5, 5.41) is 0. The Morgan fingerprint density at radius 2 is 1.80 bits per heavy atom. The van der Waals surface area contributed by atoms with E-state index in [1.807, 2.05) is 0 Å². The molecule has 0 spiro atoms. The predicted molar refractivity (Wildman–Crippen MR) is 73.1 cm³/mol. The van der Waals surface area contributed by atoms with Crippen LogP contribution in [0.4, 0.5) is 19.1 Å². The van der Waals surface area contributed by atoms with Gasteiger partial charge in [-0.2, -0.15) is 0 Å². The molecule has 20 heavy (non-hydrogen) atoms. The van der Waals surface area contributed by atoms with E-state index in [1.165, 1.54) is 10.6 Å². The molecule has 0 saturated carbocycles. The predicted octanol–water partition coefficient (Wildman–Crippen LogP) is 3.79. The first kappa shape index (κ1) is 13.0. The van der Waals surface area contributed by atoms with Crippen molar-refractivity contribution in [3.05, 3.63) is 52.3 Å². The van der Waals surface area contributed by atoms with Gasteiger partial charge in [0.25, 0.3) is 0 Å². The van der Waals surface area contributed by atoms with E-state index in [0.717, 1.165) is 24.3 Å². The van der Waals surface area contributed by atoms with Gasteiger partial charge in [0, 0.05) is 12.1 Å². The van der Waals surface area contributed by atoms with Crippen molar-refractivity contribution in [2.24, 2.45) is 0 Å². The third-order valence-corrected chi connectivity index (χ3v) is 3.48. The number of hydrogen-bond acceptors (Lipinski definition) is 2. The molecule has 1 heterocycles. The first-order chi connectivity index (χ1) is 9.47. The maximum Gasteiger partial charge on any atom is 0.206 e. The number of hydrogen-bond donors (Lipinski definition) is 1. The molecule has 0 saturated heterocycles. The molecule has 0 radical (unpaired) electrons. The first-order valence-electron chi connectivity index (χ1n) is 5.56. The zero-order valence-electron chi connectivity index (χ0n) is 9.87. The van der Waals surface area contributed by atoms with Crippen molar-refractivity contribution in [1.82, 2.24) is 9.55 Å². The Balaban J connectivity index is 2.38. The van der Waals surface area contributed by atoms with E-state index < -0.39 is 17.5 Å². The molecule has 0 aliphatic rings. The monoisotopic (exact) mass is 341 g/mol. The highest BCUT2D eigenvalue weighted by molar-refractivity contribution is 9.10. The van der Waals surface area contributed by atoms with Crippen LogP contribution >= 0.6 is 15.9 Å². The fraction of sp³-hybridized carbons (Fsp3) is 0. The van der Waals surface area contributed by atoms with Gasteiger partial charge in [-0.3, -0.25) is 4.57 Å². The van der Waals surface area contributed by atoms with Crippen molar-refractivity contribution in [3.63, 3.8) is 0 Å².